The van der Waals surface area contributed by atoms with E-state index in [-0.39, 0.29) is 11.9 Å². The summed E-state index contributed by atoms with van der Waals surface area (Å²) in [6, 6.07) is 8.45. The van der Waals surface area contributed by atoms with Crippen LogP contribution in [0.3, 0.4) is 0 Å². The number of rotatable bonds is 4. The molecule has 1 aromatic carbocycles. The van der Waals surface area contributed by atoms with E-state index in [1.807, 2.05) is 19.1 Å². The van der Waals surface area contributed by atoms with Crippen molar-refractivity contribution >= 4 is 11.6 Å². The van der Waals surface area contributed by atoms with Crippen LogP contribution in [0.25, 0.3) is 0 Å². The van der Waals surface area contributed by atoms with E-state index < -0.39 is 0 Å². The molecule has 6 nitrogen and oxygen atoms in total. The maximum absolute atomic E-state index is 11.4. The Bertz CT molecular complexity index is 666. The lowest BCUT2D eigenvalue weighted by atomic mass is 9.98. The van der Waals surface area contributed by atoms with Crippen LogP contribution in [0.1, 0.15) is 31.1 Å². The first-order valence-electron chi connectivity index (χ1n) is 7.65. The lowest BCUT2D eigenvalue weighted by Crippen LogP contribution is -2.47. The summed E-state index contributed by atoms with van der Waals surface area (Å²) in [6.07, 6.45) is 1.68. The SMILES string of the molecule is CCc1n[nH]c(CN2CC(NC(C)=O)Cc3ccccc32)n1. The molecule has 1 aromatic heterocycles. The van der Waals surface area contributed by atoms with Gasteiger partial charge in [0.2, 0.25) is 5.91 Å². The molecule has 2 N–H and O–H groups in total. The number of para-hydroxylation sites is 1. The van der Waals surface area contributed by atoms with Gasteiger partial charge in [0.1, 0.15) is 5.82 Å². The number of carbonyl (C=O) groups excluding carboxylic acids is 1. The molecule has 1 amide bonds. The first kappa shape index (κ1) is 14.6. The maximum atomic E-state index is 11.4. The number of aromatic nitrogens is 3. The zero-order chi connectivity index (χ0) is 15.5. The highest BCUT2D eigenvalue weighted by atomic mass is 16.1. The lowest BCUT2D eigenvalue weighted by molar-refractivity contribution is -0.119. The Morgan fingerprint density at radius 2 is 2.27 bits per heavy atom. The molecule has 1 aliphatic heterocycles. The fraction of sp³-hybridized carbons (Fsp3) is 0.438. The second-order valence-electron chi connectivity index (χ2n) is 5.66. The Labute approximate surface area is 129 Å². The van der Waals surface area contributed by atoms with Gasteiger partial charge in [-0.3, -0.25) is 9.89 Å². The van der Waals surface area contributed by atoms with E-state index in [4.69, 9.17) is 0 Å². The third kappa shape index (κ3) is 3.10. The van der Waals surface area contributed by atoms with E-state index in [0.717, 1.165) is 31.0 Å². The van der Waals surface area contributed by atoms with Gasteiger partial charge in [0.15, 0.2) is 5.82 Å². The number of nitrogens with one attached hydrogen (secondary N) is 2. The monoisotopic (exact) mass is 299 g/mol. The summed E-state index contributed by atoms with van der Waals surface area (Å²) in [4.78, 5) is 18.1. The van der Waals surface area contributed by atoms with E-state index in [1.54, 1.807) is 6.92 Å². The maximum Gasteiger partial charge on any atom is 0.217 e. The Morgan fingerprint density at radius 3 is 3.00 bits per heavy atom. The summed E-state index contributed by atoms with van der Waals surface area (Å²) in [5, 5.41) is 10.2. The summed E-state index contributed by atoms with van der Waals surface area (Å²) >= 11 is 0. The standard InChI is InChI=1S/C16H21N5O/c1-3-15-18-16(20-19-15)10-21-9-13(17-11(2)22)8-12-6-4-5-7-14(12)21/h4-7,13H,3,8-10H2,1-2H3,(H,17,22)(H,18,19,20). The van der Waals surface area contributed by atoms with Gasteiger partial charge in [-0.25, -0.2) is 4.98 Å². The van der Waals surface area contributed by atoms with Gasteiger partial charge in [0.25, 0.3) is 0 Å². The zero-order valence-electron chi connectivity index (χ0n) is 13.0. The topological polar surface area (TPSA) is 73.9 Å². The fourth-order valence-corrected chi connectivity index (χ4v) is 2.96. The predicted octanol–water partition coefficient (Wildman–Crippen LogP) is 1.43. The minimum atomic E-state index is 0.0114. The van der Waals surface area contributed by atoms with Crippen LogP contribution in [-0.2, 0) is 24.2 Å². The minimum absolute atomic E-state index is 0.0114. The number of amides is 1. The number of H-pyrrole nitrogens is 1. The van der Waals surface area contributed by atoms with Gasteiger partial charge in [-0.05, 0) is 18.1 Å². The van der Waals surface area contributed by atoms with Crippen molar-refractivity contribution in [2.24, 2.45) is 0 Å². The Kier molecular flexibility index (Phi) is 4.09. The molecule has 2 heterocycles. The van der Waals surface area contributed by atoms with Crippen LogP contribution >= 0.6 is 0 Å². The summed E-state index contributed by atoms with van der Waals surface area (Å²) < 4.78 is 0. The number of fused-ring (bicyclic) bond motifs is 1. The molecule has 1 aliphatic rings. The van der Waals surface area contributed by atoms with Gasteiger partial charge in [0, 0.05) is 25.6 Å². The van der Waals surface area contributed by atoms with E-state index in [0.29, 0.717) is 6.54 Å². The van der Waals surface area contributed by atoms with Crippen molar-refractivity contribution in [3.63, 3.8) is 0 Å². The summed E-state index contributed by atoms with van der Waals surface area (Å²) in [5.74, 6) is 1.70. The van der Waals surface area contributed by atoms with Crippen molar-refractivity contribution in [1.29, 1.82) is 0 Å². The van der Waals surface area contributed by atoms with Crippen molar-refractivity contribution in [2.75, 3.05) is 11.4 Å². The molecule has 0 fully saturated rings. The van der Waals surface area contributed by atoms with Crippen LogP contribution in [0.5, 0.6) is 0 Å². The van der Waals surface area contributed by atoms with Crippen LogP contribution < -0.4 is 10.2 Å². The average molecular weight is 299 g/mol. The van der Waals surface area contributed by atoms with E-state index in [9.17, 15) is 4.79 Å². The molecule has 1 unspecified atom stereocenters. The third-order valence-electron chi connectivity index (χ3n) is 3.88. The molecule has 22 heavy (non-hydrogen) atoms. The summed E-state index contributed by atoms with van der Waals surface area (Å²) in [5.41, 5.74) is 2.46. The van der Waals surface area contributed by atoms with Crippen molar-refractivity contribution < 1.29 is 4.79 Å². The summed E-state index contributed by atoms with van der Waals surface area (Å²) in [7, 11) is 0. The highest BCUT2D eigenvalue weighted by Gasteiger charge is 2.25. The van der Waals surface area contributed by atoms with Gasteiger partial charge >= 0.3 is 0 Å². The van der Waals surface area contributed by atoms with Crippen molar-refractivity contribution in [1.82, 2.24) is 20.5 Å². The molecule has 116 valence electrons. The molecule has 0 saturated carbocycles. The second kappa shape index (κ2) is 6.17. The third-order valence-corrected chi connectivity index (χ3v) is 3.88. The first-order chi connectivity index (χ1) is 10.7. The molecule has 0 spiro atoms. The summed E-state index contributed by atoms with van der Waals surface area (Å²) in [6.45, 7) is 5.05. The Balaban J connectivity index is 1.82. The number of hydrogen-bond acceptors (Lipinski definition) is 4. The first-order valence-corrected chi connectivity index (χ1v) is 7.65. The Morgan fingerprint density at radius 1 is 1.45 bits per heavy atom. The molecule has 3 rings (SSSR count). The average Bonchev–Trinajstić information content (AvgIpc) is 2.94. The lowest BCUT2D eigenvalue weighted by Gasteiger charge is -2.35. The van der Waals surface area contributed by atoms with E-state index >= 15 is 0 Å². The van der Waals surface area contributed by atoms with Crippen molar-refractivity contribution in [3.8, 4) is 0 Å². The number of nitrogens with zero attached hydrogens (tertiary/aromatic N) is 3. The largest absolute Gasteiger partial charge is 0.362 e. The number of benzene rings is 1. The number of aromatic amines is 1. The van der Waals surface area contributed by atoms with E-state index in [1.165, 1.54) is 11.3 Å². The molecule has 1 atom stereocenters. The molecule has 0 radical (unpaired) electrons. The van der Waals surface area contributed by atoms with Gasteiger partial charge in [-0.1, -0.05) is 25.1 Å². The van der Waals surface area contributed by atoms with Crippen molar-refractivity contribution in [3.05, 3.63) is 41.5 Å². The van der Waals surface area contributed by atoms with Crippen molar-refractivity contribution in [2.45, 2.75) is 39.3 Å². The molecule has 0 saturated heterocycles. The second-order valence-corrected chi connectivity index (χ2v) is 5.66. The zero-order valence-corrected chi connectivity index (χ0v) is 13.0. The van der Waals surface area contributed by atoms with E-state index in [2.05, 4.69) is 37.5 Å². The number of carbonyl (C=O) groups is 1. The van der Waals surface area contributed by atoms with Gasteiger partial charge in [-0.15, -0.1) is 0 Å². The highest BCUT2D eigenvalue weighted by Crippen LogP contribution is 2.27. The predicted molar refractivity (Wildman–Crippen MR) is 84.6 cm³/mol. The quantitative estimate of drug-likeness (QED) is 0.896. The molecule has 2 aromatic rings. The van der Waals surface area contributed by atoms with Crippen LogP contribution in [0, 0.1) is 0 Å². The fourth-order valence-electron chi connectivity index (χ4n) is 2.96. The van der Waals surface area contributed by atoms with Crippen LogP contribution in [-0.4, -0.2) is 33.7 Å². The number of anilines is 1. The Hall–Kier alpha value is -2.37. The van der Waals surface area contributed by atoms with Crippen LogP contribution in [0.15, 0.2) is 24.3 Å². The molecule has 0 bridgehead atoms. The van der Waals surface area contributed by atoms with Gasteiger partial charge < -0.3 is 10.2 Å². The minimum Gasteiger partial charge on any atom is -0.362 e. The molecular formula is C16H21N5O. The van der Waals surface area contributed by atoms with Gasteiger partial charge in [-0.2, -0.15) is 5.10 Å². The molecule has 6 heteroatoms. The highest BCUT2D eigenvalue weighted by molar-refractivity contribution is 5.73. The number of aryl methyl sites for hydroxylation is 1. The molecular weight excluding hydrogens is 278 g/mol. The van der Waals surface area contributed by atoms with Gasteiger partial charge in [0.05, 0.1) is 12.6 Å². The molecule has 0 aliphatic carbocycles. The van der Waals surface area contributed by atoms with Crippen LogP contribution in [0.2, 0.25) is 0 Å². The van der Waals surface area contributed by atoms with Crippen LogP contribution in [0.4, 0.5) is 5.69 Å². The smallest absolute Gasteiger partial charge is 0.217 e. The number of hydrogen-bond donors (Lipinski definition) is 2. The normalized spacial score (nSPS) is 17.2.